The van der Waals surface area contributed by atoms with E-state index in [4.69, 9.17) is 0 Å². The molecular weight excluding hydrogens is 314 g/mol. The van der Waals surface area contributed by atoms with Crippen molar-refractivity contribution in [2.24, 2.45) is 0 Å². The number of para-hydroxylation sites is 1. The Hall–Kier alpha value is -2.76. The summed E-state index contributed by atoms with van der Waals surface area (Å²) in [7, 11) is 0. The van der Waals surface area contributed by atoms with Crippen LogP contribution in [0.2, 0.25) is 0 Å². The fourth-order valence-electron chi connectivity index (χ4n) is 2.89. The van der Waals surface area contributed by atoms with Gasteiger partial charge in [0.05, 0.1) is 12.0 Å². The molecule has 6 heteroatoms. The second kappa shape index (κ2) is 6.39. The average molecular weight is 330 g/mol. The van der Waals surface area contributed by atoms with E-state index in [9.17, 15) is 18.4 Å². The van der Waals surface area contributed by atoms with E-state index in [0.29, 0.717) is 5.69 Å². The molecule has 2 amide bonds. The molecule has 0 fully saturated rings. The molecular formula is C18H16F2N2O2. The number of amides is 2. The Balaban J connectivity index is 1.69. The number of carbonyl (C=O) groups excluding carboxylic acids is 2. The van der Waals surface area contributed by atoms with E-state index in [-0.39, 0.29) is 23.8 Å². The van der Waals surface area contributed by atoms with Crippen molar-refractivity contribution >= 4 is 17.5 Å². The fraction of sp³-hybridized carbons (Fsp3) is 0.222. The zero-order valence-corrected chi connectivity index (χ0v) is 13.0. The third-order valence-electron chi connectivity index (χ3n) is 4.11. The zero-order valence-electron chi connectivity index (χ0n) is 13.0. The molecule has 0 unspecified atom stereocenters. The summed E-state index contributed by atoms with van der Waals surface area (Å²) in [6.07, 6.45) is -0.0317. The third-order valence-corrected chi connectivity index (χ3v) is 4.11. The molecule has 124 valence electrons. The van der Waals surface area contributed by atoms with Crippen molar-refractivity contribution in [1.29, 1.82) is 0 Å². The SMILES string of the molecule is C[C@@H](NC(=O)C[C@H]1C(=O)Nc2ccccc21)c1ccc(F)cc1F. The Labute approximate surface area is 137 Å². The van der Waals surface area contributed by atoms with E-state index in [0.717, 1.165) is 17.7 Å². The van der Waals surface area contributed by atoms with Gasteiger partial charge >= 0.3 is 0 Å². The number of nitrogens with one attached hydrogen (secondary N) is 2. The first-order valence-electron chi connectivity index (χ1n) is 7.60. The first kappa shape index (κ1) is 16.1. The highest BCUT2D eigenvalue weighted by Crippen LogP contribution is 2.34. The highest BCUT2D eigenvalue weighted by molar-refractivity contribution is 6.04. The van der Waals surface area contributed by atoms with E-state index in [2.05, 4.69) is 10.6 Å². The van der Waals surface area contributed by atoms with Crippen LogP contribution in [0.3, 0.4) is 0 Å². The van der Waals surface area contributed by atoms with Gasteiger partial charge in [0, 0.05) is 23.7 Å². The van der Waals surface area contributed by atoms with E-state index in [1.165, 1.54) is 6.07 Å². The van der Waals surface area contributed by atoms with Crippen molar-refractivity contribution < 1.29 is 18.4 Å². The second-order valence-electron chi connectivity index (χ2n) is 5.79. The average Bonchev–Trinajstić information content (AvgIpc) is 2.83. The molecule has 1 heterocycles. The number of halogens is 2. The van der Waals surface area contributed by atoms with Crippen LogP contribution in [-0.4, -0.2) is 11.8 Å². The molecule has 0 radical (unpaired) electrons. The van der Waals surface area contributed by atoms with E-state index in [1.807, 2.05) is 0 Å². The quantitative estimate of drug-likeness (QED) is 0.904. The first-order chi connectivity index (χ1) is 11.5. The molecule has 0 saturated heterocycles. The Bertz CT molecular complexity index is 807. The van der Waals surface area contributed by atoms with Crippen molar-refractivity contribution in [1.82, 2.24) is 5.32 Å². The molecule has 0 bridgehead atoms. The summed E-state index contributed by atoms with van der Waals surface area (Å²) in [5.41, 5.74) is 1.68. The molecule has 0 spiro atoms. The Morgan fingerprint density at radius 2 is 2.00 bits per heavy atom. The first-order valence-corrected chi connectivity index (χ1v) is 7.60. The van der Waals surface area contributed by atoms with Crippen molar-refractivity contribution in [2.75, 3.05) is 5.32 Å². The lowest BCUT2D eigenvalue weighted by Gasteiger charge is -2.16. The molecule has 1 aliphatic heterocycles. The number of hydrogen-bond donors (Lipinski definition) is 2. The standard InChI is InChI=1S/C18H16F2N2O2/c1-10(12-7-6-11(19)8-15(12)20)21-17(23)9-14-13-4-2-3-5-16(13)22-18(14)24/h2-8,10,14H,9H2,1H3,(H,21,23)(H,22,24)/t10-,14-/m1/s1. The van der Waals surface area contributed by atoms with Crippen molar-refractivity contribution in [2.45, 2.75) is 25.3 Å². The third kappa shape index (κ3) is 3.13. The molecule has 3 rings (SSSR count). The van der Waals surface area contributed by atoms with E-state index in [1.54, 1.807) is 31.2 Å². The van der Waals surface area contributed by atoms with Crippen molar-refractivity contribution in [3.63, 3.8) is 0 Å². The highest BCUT2D eigenvalue weighted by Gasteiger charge is 2.32. The van der Waals surface area contributed by atoms with Crippen LogP contribution in [0.25, 0.3) is 0 Å². The molecule has 0 aromatic heterocycles. The van der Waals surface area contributed by atoms with Gasteiger partial charge in [-0.15, -0.1) is 0 Å². The number of benzene rings is 2. The van der Waals surface area contributed by atoms with Gasteiger partial charge in [0.2, 0.25) is 11.8 Å². The monoisotopic (exact) mass is 330 g/mol. The summed E-state index contributed by atoms with van der Waals surface area (Å²) < 4.78 is 26.7. The van der Waals surface area contributed by atoms with Crippen molar-refractivity contribution in [3.05, 3.63) is 65.2 Å². The van der Waals surface area contributed by atoms with Gasteiger partial charge in [0.1, 0.15) is 11.6 Å². The summed E-state index contributed by atoms with van der Waals surface area (Å²) in [6, 6.07) is 9.78. The highest BCUT2D eigenvalue weighted by atomic mass is 19.1. The van der Waals surface area contributed by atoms with Gasteiger partial charge in [-0.05, 0) is 24.6 Å². The molecule has 2 N–H and O–H groups in total. The van der Waals surface area contributed by atoms with Crippen LogP contribution in [-0.2, 0) is 9.59 Å². The van der Waals surface area contributed by atoms with Gasteiger partial charge in [-0.1, -0.05) is 24.3 Å². The molecule has 2 atom stereocenters. The molecule has 2 aromatic rings. The van der Waals surface area contributed by atoms with Gasteiger partial charge < -0.3 is 10.6 Å². The van der Waals surface area contributed by atoms with Crippen LogP contribution in [0.5, 0.6) is 0 Å². The summed E-state index contributed by atoms with van der Waals surface area (Å²) in [6.45, 7) is 1.61. The Kier molecular flexibility index (Phi) is 4.29. The minimum atomic E-state index is -0.716. The van der Waals surface area contributed by atoms with Crippen LogP contribution in [0.4, 0.5) is 14.5 Å². The van der Waals surface area contributed by atoms with Crippen LogP contribution >= 0.6 is 0 Å². The van der Waals surface area contributed by atoms with Gasteiger partial charge in [0.15, 0.2) is 0 Å². The van der Waals surface area contributed by atoms with Gasteiger partial charge in [-0.2, -0.15) is 0 Å². The normalized spacial score (nSPS) is 17.1. The summed E-state index contributed by atoms with van der Waals surface area (Å²) in [5.74, 6) is -2.55. The lowest BCUT2D eigenvalue weighted by atomic mass is 9.96. The van der Waals surface area contributed by atoms with E-state index >= 15 is 0 Å². The number of rotatable bonds is 4. The van der Waals surface area contributed by atoms with Crippen LogP contribution in [0, 0.1) is 11.6 Å². The number of hydrogen-bond acceptors (Lipinski definition) is 2. The van der Waals surface area contributed by atoms with E-state index < -0.39 is 23.6 Å². The molecule has 2 aromatic carbocycles. The molecule has 0 aliphatic carbocycles. The molecule has 24 heavy (non-hydrogen) atoms. The lowest BCUT2D eigenvalue weighted by molar-refractivity contribution is -0.125. The summed E-state index contributed by atoms with van der Waals surface area (Å²) in [5, 5.41) is 5.39. The minimum Gasteiger partial charge on any atom is -0.349 e. The van der Waals surface area contributed by atoms with Gasteiger partial charge in [0.25, 0.3) is 0 Å². The topological polar surface area (TPSA) is 58.2 Å². The van der Waals surface area contributed by atoms with Crippen LogP contribution in [0.15, 0.2) is 42.5 Å². The Morgan fingerprint density at radius 1 is 1.25 bits per heavy atom. The largest absolute Gasteiger partial charge is 0.349 e. The molecule has 1 aliphatic rings. The smallest absolute Gasteiger partial charge is 0.232 e. The molecule has 4 nitrogen and oxygen atoms in total. The number of carbonyl (C=O) groups is 2. The van der Waals surface area contributed by atoms with Crippen molar-refractivity contribution in [3.8, 4) is 0 Å². The maximum absolute atomic E-state index is 13.8. The summed E-state index contributed by atoms with van der Waals surface area (Å²) in [4.78, 5) is 24.3. The summed E-state index contributed by atoms with van der Waals surface area (Å²) >= 11 is 0. The maximum Gasteiger partial charge on any atom is 0.232 e. The second-order valence-corrected chi connectivity index (χ2v) is 5.79. The molecule has 0 saturated carbocycles. The van der Waals surface area contributed by atoms with Crippen LogP contribution < -0.4 is 10.6 Å². The predicted molar refractivity (Wildman–Crippen MR) is 85.3 cm³/mol. The number of fused-ring (bicyclic) bond motifs is 1. The van der Waals surface area contributed by atoms with Gasteiger partial charge in [-0.3, -0.25) is 9.59 Å². The predicted octanol–water partition coefficient (Wildman–Crippen LogP) is 3.27. The minimum absolute atomic E-state index is 0.0317. The Morgan fingerprint density at radius 3 is 2.75 bits per heavy atom. The lowest BCUT2D eigenvalue weighted by Crippen LogP contribution is -2.29. The number of anilines is 1. The maximum atomic E-state index is 13.8. The zero-order chi connectivity index (χ0) is 17.3. The van der Waals surface area contributed by atoms with Crippen LogP contribution in [0.1, 0.15) is 36.4 Å². The fourth-order valence-corrected chi connectivity index (χ4v) is 2.89. The van der Waals surface area contributed by atoms with Gasteiger partial charge in [-0.25, -0.2) is 8.78 Å².